The summed E-state index contributed by atoms with van der Waals surface area (Å²) in [7, 11) is 0. The third kappa shape index (κ3) is 2.31. The molecule has 0 aliphatic rings. The summed E-state index contributed by atoms with van der Waals surface area (Å²) in [5.74, 6) is -0.652. The van der Waals surface area contributed by atoms with Crippen molar-refractivity contribution in [3.8, 4) is 11.3 Å². The second kappa shape index (κ2) is 4.90. The highest BCUT2D eigenvalue weighted by molar-refractivity contribution is 5.89. The van der Waals surface area contributed by atoms with E-state index in [0.29, 0.717) is 22.3 Å². The molecule has 3 rings (SSSR count). The van der Waals surface area contributed by atoms with Crippen LogP contribution in [0.1, 0.15) is 15.9 Å². The lowest BCUT2D eigenvalue weighted by Crippen LogP contribution is -2.01. The zero-order chi connectivity index (χ0) is 15.0. The Labute approximate surface area is 120 Å². The Morgan fingerprint density at radius 3 is 2.62 bits per heavy atom. The van der Waals surface area contributed by atoms with Crippen LogP contribution >= 0.6 is 0 Å². The second-order valence-corrected chi connectivity index (χ2v) is 4.81. The normalized spacial score (nSPS) is 10.7. The van der Waals surface area contributed by atoms with Gasteiger partial charge in [-0.15, -0.1) is 0 Å². The number of fused-ring (bicyclic) bond motifs is 1. The molecular weight excluding hydrogens is 268 g/mol. The molecule has 0 radical (unpaired) electrons. The van der Waals surface area contributed by atoms with Gasteiger partial charge in [0.15, 0.2) is 5.43 Å². The van der Waals surface area contributed by atoms with Crippen LogP contribution in [-0.2, 0) is 0 Å². The molecule has 0 aliphatic heterocycles. The van der Waals surface area contributed by atoms with E-state index in [4.69, 9.17) is 9.52 Å². The van der Waals surface area contributed by atoms with Gasteiger partial charge in [0, 0.05) is 11.6 Å². The van der Waals surface area contributed by atoms with Gasteiger partial charge in [-0.25, -0.2) is 4.79 Å². The summed E-state index contributed by atoms with van der Waals surface area (Å²) in [5, 5.41) is 9.56. The SMILES string of the molecule is Cc1cccc2c(=O)cc(-c3cccc(C(=O)O)c3)oc12. The molecule has 104 valence electrons. The Morgan fingerprint density at radius 2 is 1.86 bits per heavy atom. The van der Waals surface area contributed by atoms with Gasteiger partial charge >= 0.3 is 5.97 Å². The largest absolute Gasteiger partial charge is 0.478 e. The number of carboxylic acid groups (broad SMARTS) is 1. The van der Waals surface area contributed by atoms with Crippen LogP contribution < -0.4 is 5.43 Å². The molecule has 0 fully saturated rings. The van der Waals surface area contributed by atoms with Crippen molar-refractivity contribution < 1.29 is 14.3 Å². The molecule has 0 amide bonds. The molecule has 1 N–H and O–H groups in total. The highest BCUT2D eigenvalue weighted by Gasteiger charge is 2.10. The highest BCUT2D eigenvalue weighted by atomic mass is 16.4. The van der Waals surface area contributed by atoms with E-state index in [-0.39, 0.29) is 11.0 Å². The first-order chi connectivity index (χ1) is 10.1. The number of hydrogen-bond donors (Lipinski definition) is 1. The van der Waals surface area contributed by atoms with E-state index in [1.165, 1.54) is 18.2 Å². The van der Waals surface area contributed by atoms with Crippen molar-refractivity contribution in [1.82, 2.24) is 0 Å². The van der Waals surface area contributed by atoms with Crippen molar-refractivity contribution in [1.29, 1.82) is 0 Å². The maximum absolute atomic E-state index is 12.2. The van der Waals surface area contributed by atoms with Crippen molar-refractivity contribution >= 4 is 16.9 Å². The molecule has 1 heterocycles. The van der Waals surface area contributed by atoms with Crippen LogP contribution in [0.3, 0.4) is 0 Å². The summed E-state index contributed by atoms with van der Waals surface area (Å²) in [6.07, 6.45) is 0. The average Bonchev–Trinajstić information content (AvgIpc) is 2.48. The number of benzene rings is 2. The van der Waals surface area contributed by atoms with Crippen LogP contribution in [0.25, 0.3) is 22.3 Å². The lowest BCUT2D eigenvalue weighted by molar-refractivity contribution is 0.0697. The van der Waals surface area contributed by atoms with Crippen LogP contribution in [0.2, 0.25) is 0 Å². The summed E-state index contributed by atoms with van der Waals surface area (Å²) < 4.78 is 5.80. The van der Waals surface area contributed by atoms with Crippen molar-refractivity contribution in [2.45, 2.75) is 6.92 Å². The fourth-order valence-corrected chi connectivity index (χ4v) is 2.27. The third-order valence-corrected chi connectivity index (χ3v) is 3.35. The Bertz CT molecular complexity index is 906. The van der Waals surface area contributed by atoms with Gasteiger partial charge in [0.2, 0.25) is 0 Å². The van der Waals surface area contributed by atoms with Crippen molar-refractivity contribution in [2.24, 2.45) is 0 Å². The van der Waals surface area contributed by atoms with Gasteiger partial charge in [0.25, 0.3) is 0 Å². The number of para-hydroxylation sites is 1. The summed E-state index contributed by atoms with van der Waals surface area (Å²) in [4.78, 5) is 23.2. The molecule has 1 aromatic heterocycles. The van der Waals surface area contributed by atoms with E-state index in [9.17, 15) is 9.59 Å². The van der Waals surface area contributed by atoms with Crippen LogP contribution in [0.4, 0.5) is 0 Å². The molecule has 0 aliphatic carbocycles. The monoisotopic (exact) mass is 280 g/mol. The van der Waals surface area contributed by atoms with Crippen LogP contribution in [0.5, 0.6) is 0 Å². The zero-order valence-corrected chi connectivity index (χ0v) is 11.3. The minimum Gasteiger partial charge on any atom is -0.478 e. The Kier molecular flexibility index (Phi) is 3.06. The lowest BCUT2D eigenvalue weighted by atomic mass is 10.1. The topological polar surface area (TPSA) is 67.5 Å². The third-order valence-electron chi connectivity index (χ3n) is 3.35. The summed E-state index contributed by atoms with van der Waals surface area (Å²) in [6.45, 7) is 1.86. The zero-order valence-electron chi connectivity index (χ0n) is 11.3. The van der Waals surface area contributed by atoms with Crippen LogP contribution in [0.15, 0.2) is 57.7 Å². The summed E-state index contributed by atoms with van der Waals surface area (Å²) in [6, 6.07) is 13.1. The fraction of sp³-hybridized carbons (Fsp3) is 0.0588. The Hall–Kier alpha value is -2.88. The molecule has 0 atom stereocenters. The first kappa shape index (κ1) is 13.1. The maximum Gasteiger partial charge on any atom is 0.335 e. The van der Waals surface area contributed by atoms with Crippen LogP contribution in [0, 0.1) is 6.92 Å². The van der Waals surface area contributed by atoms with Gasteiger partial charge in [-0.05, 0) is 30.7 Å². The summed E-state index contributed by atoms with van der Waals surface area (Å²) in [5.41, 5.74) is 1.97. The average molecular weight is 280 g/mol. The first-order valence-electron chi connectivity index (χ1n) is 6.43. The molecule has 21 heavy (non-hydrogen) atoms. The lowest BCUT2D eigenvalue weighted by Gasteiger charge is -2.05. The molecule has 0 bridgehead atoms. The number of hydrogen-bond acceptors (Lipinski definition) is 3. The second-order valence-electron chi connectivity index (χ2n) is 4.81. The first-order valence-corrected chi connectivity index (χ1v) is 6.43. The molecule has 0 saturated carbocycles. The molecular formula is C17H12O4. The maximum atomic E-state index is 12.2. The predicted octanol–water partition coefficient (Wildman–Crippen LogP) is 3.47. The van der Waals surface area contributed by atoms with Crippen LogP contribution in [-0.4, -0.2) is 11.1 Å². The van der Waals surface area contributed by atoms with Crippen molar-refractivity contribution in [3.05, 3.63) is 69.9 Å². The van der Waals surface area contributed by atoms with Gasteiger partial charge in [0.1, 0.15) is 11.3 Å². The predicted molar refractivity (Wildman–Crippen MR) is 79.6 cm³/mol. The van der Waals surface area contributed by atoms with Gasteiger partial charge in [-0.3, -0.25) is 4.79 Å². The minimum absolute atomic E-state index is 0.143. The molecule has 0 saturated heterocycles. The summed E-state index contributed by atoms with van der Waals surface area (Å²) >= 11 is 0. The Balaban J connectivity index is 2.26. The number of aryl methyl sites for hydroxylation is 1. The molecule has 4 heteroatoms. The number of carbonyl (C=O) groups is 1. The van der Waals surface area contributed by atoms with Gasteiger partial charge in [0.05, 0.1) is 10.9 Å². The smallest absolute Gasteiger partial charge is 0.335 e. The van der Waals surface area contributed by atoms with E-state index in [2.05, 4.69) is 0 Å². The quantitative estimate of drug-likeness (QED) is 0.780. The van der Waals surface area contributed by atoms with Gasteiger partial charge < -0.3 is 9.52 Å². The van der Waals surface area contributed by atoms with E-state index in [1.807, 2.05) is 13.0 Å². The van der Waals surface area contributed by atoms with Gasteiger partial charge in [-0.1, -0.05) is 24.3 Å². The van der Waals surface area contributed by atoms with E-state index in [1.54, 1.807) is 24.3 Å². The van der Waals surface area contributed by atoms with E-state index >= 15 is 0 Å². The van der Waals surface area contributed by atoms with Gasteiger partial charge in [-0.2, -0.15) is 0 Å². The molecule has 4 nitrogen and oxygen atoms in total. The molecule has 0 unspecified atom stereocenters. The highest BCUT2D eigenvalue weighted by Crippen LogP contribution is 2.24. The fourth-order valence-electron chi connectivity index (χ4n) is 2.27. The number of aromatic carboxylic acids is 1. The minimum atomic E-state index is -1.02. The van der Waals surface area contributed by atoms with E-state index < -0.39 is 5.97 Å². The Morgan fingerprint density at radius 1 is 1.10 bits per heavy atom. The van der Waals surface area contributed by atoms with E-state index in [0.717, 1.165) is 5.56 Å². The molecule has 2 aromatic carbocycles. The number of rotatable bonds is 2. The van der Waals surface area contributed by atoms with Crippen molar-refractivity contribution in [3.63, 3.8) is 0 Å². The standard InChI is InChI=1S/C17H12O4/c1-10-4-2-7-13-14(18)9-15(21-16(10)13)11-5-3-6-12(8-11)17(19)20/h2-9H,1H3,(H,19,20). The molecule has 0 spiro atoms. The number of carboxylic acids is 1. The molecule has 3 aromatic rings. The van der Waals surface area contributed by atoms with Crippen molar-refractivity contribution in [2.75, 3.05) is 0 Å².